The second-order valence-corrected chi connectivity index (χ2v) is 6.66. The minimum Gasteiger partial charge on any atom is -0.368 e. The first-order valence-corrected chi connectivity index (χ1v) is 8.67. The first-order chi connectivity index (χ1) is 12.1. The van der Waals surface area contributed by atoms with Gasteiger partial charge in [0.2, 0.25) is 0 Å². The second-order valence-electron chi connectivity index (χ2n) is 6.66. The van der Waals surface area contributed by atoms with Crippen molar-refractivity contribution in [3.05, 3.63) is 65.5 Å². The summed E-state index contributed by atoms with van der Waals surface area (Å²) in [5.41, 5.74) is 5.39. The number of rotatable bonds is 2. The lowest BCUT2D eigenvalue weighted by molar-refractivity contribution is 0.0748. The number of aromatic nitrogens is 2. The summed E-state index contributed by atoms with van der Waals surface area (Å²) in [5, 5.41) is 4.28. The van der Waals surface area contributed by atoms with Crippen molar-refractivity contribution < 1.29 is 4.79 Å². The first-order valence-electron chi connectivity index (χ1n) is 8.67. The third-order valence-corrected chi connectivity index (χ3v) is 4.92. The van der Waals surface area contributed by atoms with Crippen molar-refractivity contribution in [2.24, 2.45) is 0 Å². The predicted octanol–water partition coefficient (Wildman–Crippen LogP) is 2.91. The molecule has 4 rings (SSSR count). The Morgan fingerprint density at radius 2 is 1.84 bits per heavy atom. The highest BCUT2D eigenvalue weighted by atomic mass is 16.2. The summed E-state index contributed by atoms with van der Waals surface area (Å²) in [4.78, 5) is 17.2. The van der Waals surface area contributed by atoms with E-state index in [0.29, 0.717) is 5.56 Å². The first kappa shape index (κ1) is 15.7. The lowest BCUT2D eigenvalue weighted by Crippen LogP contribution is -2.49. The molecule has 3 aromatic rings. The molecule has 3 heterocycles. The number of anilines is 1. The minimum absolute atomic E-state index is 0.0708. The Morgan fingerprint density at radius 3 is 2.60 bits per heavy atom. The molecule has 1 aliphatic rings. The maximum Gasteiger partial charge on any atom is 0.257 e. The van der Waals surface area contributed by atoms with Gasteiger partial charge in [-0.3, -0.25) is 4.79 Å². The Labute approximate surface area is 147 Å². The van der Waals surface area contributed by atoms with E-state index in [0.717, 1.165) is 31.7 Å². The quantitative estimate of drug-likeness (QED) is 0.723. The molecule has 1 amide bonds. The Morgan fingerprint density at radius 1 is 1.04 bits per heavy atom. The van der Waals surface area contributed by atoms with Crippen molar-refractivity contribution in [1.82, 2.24) is 14.5 Å². The van der Waals surface area contributed by atoms with Gasteiger partial charge in [0.15, 0.2) is 0 Å². The molecule has 1 fully saturated rings. The monoisotopic (exact) mass is 334 g/mol. The summed E-state index contributed by atoms with van der Waals surface area (Å²) < 4.78 is 1.75. The van der Waals surface area contributed by atoms with Crippen LogP contribution in [-0.2, 0) is 0 Å². The Bertz CT molecular complexity index is 922. The molecule has 1 saturated heterocycles. The van der Waals surface area contributed by atoms with E-state index >= 15 is 0 Å². The fourth-order valence-corrected chi connectivity index (χ4v) is 3.58. The van der Waals surface area contributed by atoms with Crippen LogP contribution in [0.2, 0.25) is 0 Å². The molecule has 0 unspecified atom stereocenters. The van der Waals surface area contributed by atoms with Gasteiger partial charge >= 0.3 is 0 Å². The van der Waals surface area contributed by atoms with Crippen LogP contribution in [0.4, 0.5) is 5.69 Å². The van der Waals surface area contributed by atoms with Gasteiger partial charge in [-0.25, -0.2) is 4.52 Å². The van der Waals surface area contributed by atoms with Gasteiger partial charge in [0.25, 0.3) is 5.91 Å². The summed E-state index contributed by atoms with van der Waals surface area (Å²) in [6.45, 7) is 7.44. The van der Waals surface area contributed by atoms with Gasteiger partial charge in [0.05, 0.1) is 17.3 Å². The summed E-state index contributed by atoms with van der Waals surface area (Å²) in [6.07, 6.45) is 3.54. The molecule has 0 aliphatic carbocycles. The highest BCUT2D eigenvalue weighted by Gasteiger charge is 2.24. The highest BCUT2D eigenvalue weighted by molar-refractivity contribution is 6.00. The van der Waals surface area contributed by atoms with Crippen molar-refractivity contribution in [2.75, 3.05) is 31.1 Å². The normalized spacial score (nSPS) is 15.0. The molecule has 2 aromatic heterocycles. The van der Waals surface area contributed by atoms with Crippen molar-refractivity contribution in [2.45, 2.75) is 13.8 Å². The van der Waals surface area contributed by atoms with Crippen LogP contribution in [0, 0.1) is 13.8 Å². The van der Waals surface area contributed by atoms with E-state index in [1.807, 2.05) is 29.3 Å². The maximum absolute atomic E-state index is 12.9. The van der Waals surface area contributed by atoms with Crippen LogP contribution in [-0.4, -0.2) is 46.6 Å². The zero-order chi connectivity index (χ0) is 17.4. The molecule has 1 aliphatic heterocycles. The molecule has 5 nitrogen and oxygen atoms in total. The molecule has 0 atom stereocenters. The van der Waals surface area contributed by atoms with Crippen molar-refractivity contribution in [1.29, 1.82) is 0 Å². The number of hydrogen-bond donors (Lipinski definition) is 0. The average Bonchev–Trinajstić information content (AvgIpc) is 3.05. The van der Waals surface area contributed by atoms with Crippen LogP contribution in [0.5, 0.6) is 0 Å². The SMILES string of the molecule is Cc1ccc(N2CCN(C(=O)c3cnn4ccccc34)CC2)c(C)c1. The molecule has 1 aromatic carbocycles. The summed E-state index contributed by atoms with van der Waals surface area (Å²) in [7, 11) is 0. The fraction of sp³-hybridized carbons (Fsp3) is 0.300. The number of piperazine rings is 1. The van der Waals surface area contributed by atoms with Gasteiger partial charge in [-0.2, -0.15) is 5.10 Å². The number of pyridine rings is 1. The zero-order valence-electron chi connectivity index (χ0n) is 14.6. The Kier molecular flexibility index (Phi) is 3.92. The molecule has 0 bridgehead atoms. The molecular formula is C20H22N4O. The van der Waals surface area contributed by atoms with Gasteiger partial charge < -0.3 is 9.80 Å². The average molecular weight is 334 g/mol. The fourth-order valence-electron chi connectivity index (χ4n) is 3.58. The molecule has 0 radical (unpaired) electrons. The van der Waals surface area contributed by atoms with E-state index in [4.69, 9.17) is 0 Å². The van der Waals surface area contributed by atoms with E-state index < -0.39 is 0 Å². The van der Waals surface area contributed by atoms with E-state index in [2.05, 4.69) is 42.0 Å². The standard InChI is InChI=1S/C20H22N4O/c1-15-6-7-18(16(2)13-15)22-9-11-23(12-10-22)20(25)17-14-21-24-8-4-3-5-19(17)24/h3-8,13-14H,9-12H2,1-2H3. The van der Waals surface area contributed by atoms with Gasteiger partial charge in [-0.1, -0.05) is 23.8 Å². The Balaban J connectivity index is 1.49. The maximum atomic E-state index is 12.9. The summed E-state index contributed by atoms with van der Waals surface area (Å²) >= 11 is 0. The molecule has 5 heteroatoms. The number of carbonyl (C=O) groups excluding carboxylic acids is 1. The third-order valence-electron chi connectivity index (χ3n) is 4.92. The van der Waals surface area contributed by atoms with Gasteiger partial charge in [0.1, 0.15) is 0 Å². The highest BCUT2D eigenvalue weighted by Crippen LogP contribution is 2.23. The van der Waals surface area contributed by atoms with E-state index in [1.54, 1.807) is 10.7 Å². The predicted molar refractivity (Wildman–Crippen MR) is 99.2 cm³/mol. The van der Waals surface area contributed by atoms with Crippen molar-refractivity contribution >= 4 is 17.1 Å². The van der Waals surface area contributed by atoms with Crippen LogP contribution in [0.3, 0.4) is 0 Å². The number of carbonyl (C=O) groups is 1. The van der Waals surface area contributed by atoms with E-state index in [9.17, 15) is 4.79 Å². The van der Waals surface area contributed by atoms with Crippen molar-refractivity contribution in [3.8, 4) is 0 Å². The topological polar surface area (TPSA) is 40.8 Å². The number of amides is 1. The summed E-state index contributed by atoms with van der Waals surface area (Å²) in [5.74, 6) is 0.0708. The molecular weight excluding hydrogens is 312 g/mol. The molecule has 128 valence electrons. The molecule has 25 heavy (non-hydrogen) atoms. The number of hydrogen-bond acceptors (Lipinski definition) is 3. The zero-order valence-corrected chi connectivity index (χ0v) is 14.6. The van der Waals surface area contributed by atoms with Gasteiger partial charge in [-0.05, 0) is 37.6 Å². The second kappa shape index (κ2) is 6.24. The number of fused-ring (bicyclic) bond motifs is 1. The molecule has 0 N–H and O–H groups in total. The molecule has 0 saturated carbocycles. The largest absolute Gasteiger partial charge is 0.368 e. The lowest BCUT2D eigenvalue weighted by Gasteiger charge is -2.36. The van der Waals surface area contributed by atoms with Crippen LogP contribution in [0.1, 0.15) is 21.5 Å². The van der Waals surface area contributed by atoms with Crippen LogP contribution < -0.4 is 4.90 Å². The Hall–Kier alpha value is -2.82. The smallest absolute Gasteiger partial charge is 0.257 e. The number of aryl methyl sites for hydroxylation is 2. The van der Waals surface area contributed by atoms with E-state index in [1.165, 1.54) is 16.8 Å². The summed E-state index contributed by atoms with van der Waals surface area (Å²) in [6, 6.07) is 12.3. The number of nitrogens with zero attached hydrogens (tertiary/aromatic N) is 4. The van der Waals surface area contributed by atoms with Crippen LogP contribution >= 0.6 is 0 Å². The minimum atomic E-state index is 0.0708. The van der Waals surface area contributed by atoms with E-state index in [-0.39, 0.29) is 5.91 Å². The van der Waals surface area contributed by atoms with Gasteiger partial charge in [0, 0.05) is 38.1 Å². The number of benzene rings is 1. The van der Waals surface area contributed by atoms with Crippen LogP contribution in [0.15, 0.2) is 48.8 Å². The lowest BCUT2D eigenvalue weighted by atomic mass is 10.1. The van der Waals surface area contributed by atoms with Gasteiger partial charge in [-0.15, -0.1) is 0 Å². The molecule has 0 spiro atoms. The van der Waals surface area contributed by atoms with Crippen molar-refractivity contribution in [3.63, 3.8) is 0 Å². The van der Waals surface area contributed by atoms with Crippen LogP contribution in [0.25, 0.3) is 5.52 Å². The third kappa shape index (κ3) is 2.86.